The van der Waals surface area contributed by atoms with Crippen LogP contribution in [-0.2, 0) is 6.54 Å². The Hall–Kier alpha value is -2.79. The highest BCUT2D eigenvalue weighted by molar-refractivity contribution is 5.52. The number of nitrogens with zero attached hydrogens (tertiary/aromatic N) is 2. The van der Waals surface area contributed by atoms with E-state index in [2.05, 4.69) is 22.0 Å². The van der Waals surface area contributed by atoms with Gasteiger partial charge >= 0.3 is 0 Å². The van der Waals surface area contributed by atoms with E-state index >= 15 is 0 Å². The van der Waals surface area contributed by atoms with E-state index in [0.29, 0.717) is 25.1 Å². The van der Waals surface area contributed by atoms with Gasteiger partial charge in [0.15, 0.2) is 11.5 Å². The Bertz CT molecular complexity index is 922. The molecule has 0 unspecified atom stereocenters. The van der Waals surface area contributed by atoms with Crippen molar-refractivity contribution in [2.24, 2.45) is 0 Å². The molecule has 1 atom stereocenters. The number of oxazole rings is 1. The fraction of sp³-hybridized carbons (Fsp3) is 0.318. The van der Waals surface area contributed by atoms with Crippen LogP contribution in [0.25, 0.3) is 11.5 Å². The van der Waals surface area contributed by atoms with Crippen molar-refractivity contribution in [1.29, 1.82) is 0 Å². The summed E-state index contributed by atoms with van der Waals surface area (Å²) in [5, 5.41) is 0. The molecular weight excluding hydrogens is 340 g/mol. The highest BCUT2D eigenvalue weighted by Crippen LogP contribution is 2.38. The zero-order valence-electron chi connectivity index (χ0n) is 15.1. The van der Waals surface area contributed by atoms with E-state index in [1.165, 1.54) is 12.0 Å². The van der Waals surface area contributed by atoms with Gasteiger partial charge in [-0.05, 0) is 49.2 Å². The molecule has 5 heteroatoms. The molecule has 2 aliphatic heterocycles. The minimum absolute atomic E-state index is 0.373. The summed E-state index contributed by atoms with van der Waals surface area (Å²) in [5.41, 5.74) is 3.26. The molecule has 0 N–H and O–H groups in total. The average molecular weight is 362 g/mol. The SMILES string of the molecule is c1ccc(-c2nc(CN3CCC[C@H]3c3ccc4c(c3)OCCO4)co2)cc1. The van der Waals surface area contributed by atoms with Gasteiger partial charge < -0.3 is 13.9 Å². The maximum absolute atomic E-state index is 5.76. The Balaban J connectivity index is 1.34. The van der Waals surface area contributed by atoms with Gasteiger partial charge in [-0.2, -0.15) is 0 Å². The van der Waals surface area contributed by atoms with E-state index < -0.39 is 0 Å². The fourth-order valence-corrected chi connectivity index (χ4v) is 3.96. The largest absolute Gasteiger partial charge is 0.486 e. The average Bonchev–Trinajstić information content (AvgIpc) is 3.38. The van der Waals surface area contributed by atoms with E-state index in [1.54, 1.807) is 6.26 Å². The summed E-state index contributed by atoms with van der Waals surface area (Å²) in [6.45, 7) is 3.09. The summed E-state index contributed by atoms with van der Waals surface area (Å²) in [5.74, 6) is 2.39. The molecule has 1 aromatic heterocycles. The number of ether oxygens (including phenoxy) is 2. The first kappa shape index (κ1) is 16.4. The van der Waals surface area contributed by atoms with Crippen LogP contribution in [0.15, 0.2) is 59.2 Å². The lowest BCUT2D eigenvalue weighted by Gasteiger charge is -2.25. The predicted octanol–water partition coefficient (Wildman–Crippen LogP) is 4.45. The van der Waals surface area contributed by atoms with Gasteiger partial charge in [0, 0.05) is 18.2 Å². The molecule has 0 amide bonds. The van der Waals surface area contributed by atoms with Gasteiger partial charge in [0.25, 0.3) is 0 Å². The monoisotopic (exact) mass is 362 g/mol. The Kier molecular flexibility index (Phi) is 4.30. The first-order valence-corrected chi connectivity index (χ1v) is 9.50. The minimum Gasteiger partial charge on any atom is -0.486 e. The second kappa shape index (κ2) is 7.08. The lowest BCUT2D eigenvalue weighted by Crippen LogP contribution is -2.23. The highest BCUT2D eigenvalue weighted by atomic mass is 16.6. The van der Waals surface area contributed by atoms with Crippen molar-refractivity contribution < 1.29 is 13.9 Å². The molecule has 1 fully saturated rings. The molecule has 1 saturated heterocycles. The standard InChI is InChI=1S/C22H22N2O3/c1-2-5-16(6-3-1)22-23-18(15-27-22)14-24-10-4-7-19(24)17-8-9-20-21(13-17)26-12-11-25-20/h1-3,5-6,8-9,13,15,19H,4,7,10-12,14H2/t19-/m0/s1. The molecule has 2 aliphatic rings. The second-order valence-corrected chi connectivity index (χ2v) is 7.04. The van der Waals surface area contributed by atoms with E-state index in [0.717, 1.165) is 42.3 Å². The van der Waals surface area contributed by atoms with Crippen molar-refractivity contribution in [2.45, 2.75) is 25.4 Å². The maximum Gasteiger partial charge on any atom is 0.226 e. The number of rotatable bonds is 4. The minimum atomic E-state index is 0.373. The van der Waals surface area contributed by atoms with Crippen LogP contribution in [0.3, 0.4) is 0 Å². The summed E-state index contributed by atoms with van der Waals surface area (Å²) in [6.07, 6.45) is 4.10. The number of aromatic nitrogens is 1. The summed E-state index contributed by atoms with van der Waals surface area (Å²) in [4.78, 5) is 7.16. The third-order valence-electron chi connectivity index (χ3n) is 5.25. The van der Waals surface area contributed by atoms with Crippen molar-refractivity contribution in [3.63, 3.8) is 0 Å². The first-order chi connectivity index (χ1) is 13.4. The number of likely N-dealkylation sites (tertiary alicyclic amines) is 1. The Morgan fingerprint density at radius 1 is 1.00 bits per heavy atom. The number of hydrogen-bond acceptors (Lipinski definition) is 5. The molecule has 5 rings (SSSR count). The molecule has 3 heterocycles. The van der Waals surface area contributed by atoms with Crippen LogP contribution in [0.5, 0.6) is 11.5 Å². The first-order valence-electron chi connectivity index (χ1n) is 9.50. The quantitative estimate of drug-likeness (QED) is 0.686. The number of fused-ring (bicyclic) bond motifs is 1. The second-order valence-electron chi connectivity index (χ2n) is 7.04. The van der Waals surface area contributed by atoms with Crippen molar-refractivity contribution in [1.82, 2.24) is 9.88 Å². The van der Waals surface area contributed by atoms with Crippen molar-refractivity contribution in [3.8, 4) is 23.0 Å². The van der Waals surface area contributed by atoms with E-state index in [9.17, 15) is 0 Å². The zero-order chi connectivity index (χ0) is 18.1. The predicted molar refractivity (Wildman–Crippen MR) is 102 cm³/mol. The van der Waals surface area contributed by atoms with Gasteiger partial charge in [-0.15, -0.1) is 0 Å². The third kappa shape index (κ3) is 3.30. The summed E-state index contributed by atoms with van der Waals surface area (Å²) in [7, 11) is 0. The summed E-state index contributed by atoms with van der Waals surface area (Å²) in [6, 6.07) is 16.7. The maximum atomic E-state index is 5.76. The lowest BCUT2D eigenvalue weighted by atomic mass is 10.0. The van der Waals surface area contributed by atoms with Crippen LogP contribution < -0.4 is 9.47 Å². The molecule has 27 heavy (non-hydrogen) atoms. The van der Waals surface area contributed by atoms with Crippen LogP contribution in [-0.4, -0.2) is 29.6 Å². The van der Waals surface area contributed by atoms with Gasteiger partial charge in [-0.25, -0.2) is 4.98 Å². The van der Waals surface area contributed by atoms with Crippen LogP contribution in [0.4, 0.5) is 0 Å². The van der Waals surface area contributed by atoms with Gasteiger partial charge in [0.1, 0.15) is 19.5 Å². The van der Waals surface area contributed by atoms with E-state index in [-0.39, 0.29) is 0 Å². The smallest absolute Gasteiger partial charge is 0.226 e. The molecule has 2 aromatic carbocycles. The van der Waals surface area contributed by atoms with Crippen molar-refractivity contribution >= 4 is 0 Å². The van der Waals surface area contributed by atoms with Crippen LogP contribution in [0.1, 0.15) is 30.1 Å². The Morgan fingerprint density at radius 3 is 2.74 bits per heavy atom. The van der Waals surface area contributed by atoms with Crippen molar-refractivity contribution in [3.05, 3.63) is 66.1 Å². The van der Waals surface area contributed by atoms with Crippen LogP contribution in [0.2, 0.25) is 0 Å². The van der Waals surface area contributed by atoms with Gasteiger partial charge in [-0.1, -0.05) is 24.3 Å². The molecule has 5 nitrogen and oxygen atoms in total. The normalized spacial score (nSPS) is 19.3. The Morgan fingerprint density at radius 2 is 1.85 bits per heavy atom. The Labute approximate surface area is 158 Å². The molecule has 0 aliphatic carbocycles. The molecule has 3 aromatic rings. The molecule has 0 spiro atoms. The summed E-state index contributed by atoms with van der Waals surface area (Å²) >= 11 is 0. The van der Waals surface area contributed by atoms with E-state index in [1.807, 2.05) is 36.4 Å². The lowest BCUT2D eigenvalue weighted by molar-refractivity contribution is 0.170. The fourth-order valence-electron chi connectivity index (χ4n) is 3.96. The van der Waals surface area contributed by atoms with Crippen LogP contribution >= 0.6 is 0 Å². The van der Waals surface area contributed by atoms with Gasteiger partial charge in [-0.3, -0.25) is 4.90 Å². The summed E-state index contributed by atoms with van der Waals surface area (Å²) < 4.78 is 17.1. The molecule has 0 bridgehead atoms. The van der Waals surface area contributed by atoms with E-state index in [4.69, 9.17) is 13.9 Å². The number of hydrogen-bond donors (Lipinski definition) is 0. The third-order valence-corrected chi connectivity index (χ3v) is 5.25. The molecule has 0 saturated carbocycles. The van der Waals surface area contributed by atoms with Gasteiger partial charge in [0.2, 0.25) is 5.89 Å². The molecule has 138 valence electrons. The zero-order valence-corrected chi connectivity index (χ0v) is 15.1. The highest BCUT2D eigenvalue weighted by Gasteiger charge is 2.28. The molecular formula is C22H22N2O3. The molecule has 0 radical (unpaired) electrons. The van der Waals surface area contributed by atoms with Crippen LogP contribution in [0, 0.1) is 0 Å². The number of benzene rings is 2. The topological polar surface area (TPSA) is 47.7 Å². The van der Waals surface area contributed by atoms with Gasteiger partial charge in [0.05, 0.1) is 5.69 Å². The van der Waals surface area contributed by atoms with Crippen molar-refractivity contribution in [2.75, 3.05) is 19.8 Å².